The molecule has 1 rings (SSSR count). The lowest BCUT2D eigenvalue weighted by atomic mass is 9.78. The highest BCUT2D eigenvalue weighted by Crippen LogP contribution is 2.31. The number of rotatable bonds is 5. The number of hydrogen-bond donors (Lipinski definition) is 2. The Hall–Kier alpha value is -0.180. The molecule has 0 aromatic rings. The van der Waals surface area contributed by atoms with E-state index < -0.39 is 25.6 Å². The SMILES string of the molecule is CS(=O)(=O)NCC1(NS(C)(=O)=O)CCC1. The molecule has 0 radical (unpaired) electrons. The highest BCUT2D eigenvalue weighted by Gasteiger charge is 2.39. The topological polar surface area (TPSA) is 92.3 Å². The second kappa shape index (κ2) is 4.00. The predicted molar refractivity (Wildman–Crippen MR) is 57.4 cm³/mol. The van der Waals surface area contributed by atoms with Crippen LogP contribution in [0.15, 0.2) is 0 Å². The van der Waals surface area contributed by atoms with Crippen LogP contribution in [0.5, 0.6) is 0 Å². The molecule has 0 amide bonds. The smallest absolute Gasteiger partial charge is 0.209 e. The number of hydrogen-bond acceptors (Lipinski definition) is 4. The summed E-state index contributed by atoms with van der Waals surface area (Å²) >= 11 is 0. The van der Waals surface area contributed by atoms with Crippen molar-refractivity contribution in [2.24, 2.45) is 0 Å². The largest absolute Gasteiger partial charge is 0.214 e. The first-order valence-electron chi connectivity index (χ1n) is 4.56. The van der Waals surface area contributed by atoms with Crippen molar-refractivity contribution in [3.05, 3.63) is 0 Å². The van der Waals surface area contributed by atoms with Crippen LogP contribution in [0.25, 0.3) is 0 Å². The van der Waals surface area contributed by atoms with E-state index >= 15 is 0 Å². The van der Waals surface area contributed by atoms with Gasteiger partial charge in [-0.3, -0.25) is 0 Å². The van der Waals surface area contributed by atoms with Crippen molar-refractivity contribution in [1.82, 2.24) is 9.44 Å². The summed E-state index contributed by atoms with van der Waals surface area (Å²) in [6.45, 7) is 0.124. The molecule has 15 heavy (non-hydrogen) atoms. The van der Waals surface area contributed by atoms with Crippen LogP contribution in [0, 0.1) is 0 Å². The van der Waals surface area contributed by atoms with Crippen molar-refractivity contribution in [3.8, 4) is 0 Å². The Morgan fingerprint density at radius 3 is 1.87 bits per heavy atom. The van der Waals surface area contributed by atoms with E-state index in [2.05, 4.69) is 9.44 Å². The summed E-state index contributed by atoms with van der Waals surface area (Å²) in [7, 11) is -6.57. The van der Waals surface area contributed by atoms with Crippen LogP contribution in [0.2, 0.25) is 0 Å². The van der Waals surface area contributed by atoms with Crippen LogP contribution >= 0.6 is 0 Å². The fourth-order valence-electron chi connectivity index (χ4n) is 1.58. The van der Waals surface area contributed by atoms with Gasteiger partial charge < -0.3 is 0 Å². The molecule has 0 aromatic heterocycles. The molecule has 1 aliphatic rings. The van der Waals surface area contributed by atoms with Crippen molar-refractivity contribution in [2.45, 2.75) is 24.8 Å². The minimum absolute atomic E-state index is 0.124. The molecule has 0 atom stereocenters. The number of nitrogens with one attached hydrogen (secondary N) is 2. The fraction of sp³-hybridized carbons (Fsp3) is 1.00. The standard InChI is InChI=1S/C7H16N2O4S2/c1-14(10,11)8-6-7(4-3-5-7)9-15(2,12)13/h8-9H,3-6H2,1-2H3. The van der Waals surface area contributed by atoms with Crippen molar-refractivity contribution in [2.75, 3.05) is 19.1 Å². The molecule has 0 heterocycles. The zero-order valence-electron chi connectivity index (χ0n) is 8.78. The first-order chi connectivity index (χ1) is 6.62. The Kier molecular flexibility index (Phi) is 3.44. The second-order valence-corrected chi connectivity index (χ2v) is 7.68. The third kappa shape index (κ3) is 4.45. The predicted octanol–water partition coefficient (Wildman–Crippen LogP) is -0.992. The van der Waals surface area contributed by atoms with Crippen LogP contribution in [0.4, 0.5) is 0 Å². The average Bonchev–Trinajstić information content (AvgIpc) is 1.90. The quantitative estimate of drug-likeness (QED) is 0.660. The Morgan fingerprint density at radius 2 is 1.60 bits per heavy atom. The maximum absolute atomic E-state index is 11.1. The third-order valence-electron chi connectivity index (χ3n) is 2.39. The van der Waals surface area contributed by atoms with Crippen molar-refractivity contribution >= 4 is 20.0 Å². The molecule has 0 bridgehead atoms. The lowest BCUT2D eigenvalue weighted by Crippen LogP contribution is -2.59. The lowest BCUT2D eigenvalue weighted by molar-refractivity contribution is 0.224. The number of sulfonamides is 2. The first-order valence-corrected chi connectivity index (χ1v) is 8.34. The Balaban J connectivity index is 2.63. The van der Waals surface area contributed by atoms with Gasteiger partial charge in [0.1, 0.15) is 0 Å². The zero-order chi connectivity index (χ0) is 11.7. The van der Waals surface area contributed by atoms with Gasteiger partial charge in [-0.25, -0.2) is 26.3 Å². The second-order valence-electron chi connectivity index (χ2n) is 4.10. The average molecular weight is 256 g/mol. The summed E-state index contributed by atoms with van der Waals surface area (Å²) in [5.41, 5.74) is -0.614. The van der Waals surface area contributed by atoms with Crippen LogP contribution in [0.3, 0.4) is 0 Å². The summed E-state index contributed by atoms with van der Waals surface area (Å²) in [6, 6.07) is 0. The van der Waals surface area contributed by atoms with Crippen molar-refractivity contribution in [1.29, 1.82) is 0 Å². The molecule has 0 spiro atoms. The normalized spacial score (nSPS) is 20.9. The van der Waals surface area contributed by atoms with E-state index in [1.54, 1.807) is 0 Å². The van der Waals surface area contributed by atoms with Crippen LogP contribution in [-0.2, 0) is 20.0 Å². The molecular formula is C7H16N2O4S2. The summed E-state index contributed by atoms with van der Waals surface area (Å²) in [5.74, 6) is 0. The summed E-state index contributed by atoms with van der Waals surface area (Å²) in [6.07, 6.45) is 4.38. The van der Waals surface area contributed by atoms with Gasteiger partial charge in [0, 0.05) is 12.1 Å². The zero-order valence-corrected chi connectivity index (χ0v) is 10.4. The fourth-order valence-corrected chi connectivity index (χ4v) is 3.18. The summed E-state index contributed by atoms with van der Waals surface area (Å²) in [4.78, 5) is 0. The molecule has 8 heteroatoms. The van der Waals surface area contributed by atoms with Gasteiger partial charge in [0.15, 0.2) is 0 Å². The minimum atomic E-state index is -3.30. The molecule has 0 unspecified atom stereocenters. The minimum Gasteiger partial charge on any atom is -0.214 e. The maximum Gasteiger partial charge on any atom is 0.209 e. The van der Waals surface area contributed by atoms with Gasteiger partial charge in [0.25, 0.3) is 0 Å². The first kappa shape index (κ1) is 12.9. The van der Waals surface area contributed by atoms with Crippen molar-refractivity contribution in [3.63, 3.8) is 0 Å². The maximum atomic E-state index is 11.1. The van der Waals surface area contributed by atoms with Gasteiger partial charge in [-0.1, -0.05) is 0 Å². The molecule has 0 aromatic carbocycles. The molecule has 1 aliphatic carbocycles. The van der Waals surface area contributed by atoms with E-state index in [-0.39, 0.29) is 6.54 Å². The third-order valence-corrected chi connectivity index (χ3v) is 3.86. The van der Waals surface area contributed by atoms with Gasteiger partial charge in [0.2, 0.25) is 20.0 Å². The highest BCUT2D eigenvalue weighted by atomic mass is 32.2. The van der Waals surface area contributed by atoms with Gasteiger partial charge >= 0.3 is 0 Å². The van der Waals surface area contributed by atoms with Crippen LogP contribution < -0.4 is 9.44 Å². The van der Waals surface area contributed by atoms with Gasteiger partial charge in [-0.05, 0) is 19.3 Å². The van der Waals surface area contributed by atoms with E-state index in [0.29, 0.717) is 12.8 Å². The molecule has 1 fully saturated rings. The van der Waals surface area contributed by atoms with Gasteiger partial charge in [-0.2, -0.15) is 0 Å². The van der Waals surface area contributed by atoms with E-state index in [1.165, 1.54) is 0 Å². The van der Waals surface area contributed by atoms with E-state index in [4.69, 9.17) is 0 Å². The molecule has 6 nitrogen and oxygen atoms in total. The Bertz CT molecular complexity index is 422. The summed E-state index contributed by atoms with van der Waals surface area (Å²) < 4.78 is 48.8. The monoisotopic (exact) mass is 256 g/mol. The van der Waals surface area contributed by atoms with E-state index in [1.807, 2.05) is 0 Å². The molecule has 0 saturated heterocycles. The Labute approximate surface area is 90.5 Å². The summed E-state index contributed by atoms with van der Waals surface area (Å²) in [5, 5.41) is 0. The molecule has 2 N–H and O–H groups in total. The van der Waals surface area contributed by atoms with Gasteiger partial charge in [0.05, 0.1) is 12.5 Å². The molecule has 0 aliphatic heterocycles. The lowest BCUT2D eigenvalue weighted by Gasteiger charge is -2.41. The molecule has 90 valence electrons. The highest BCUT2D eigenvalue weighted by molar-refractivity contribution is 7.89. The molecule has 1 saturated carbocycles. The van der Waals surface area contributed by atoms with Gasteiger partial charge in [-0.15, -0.1) is 0 Å². The Morgan fingerprint density at radius 1 is 1.07 bits per heavy atom. The van der Waals surface area contributed by atoms with Crippen molar-refractivity contribution < 1.29 is 16.8 Å². The van der Waals surface area contributed by atoms with E-state index in [0.717, 1.165) is 18.9 Å². The molecular weight excluding hydrogens is 240 g/mol. The van der Waals surface area contributed by atoms with Crippen LogP contribution in [0.1, 0.15) is 19.3 Å². The van der Waals surface area contributed by atoms with E-state index in [9.17, 15) is 16.8 Å². The van der Waals surface area contributed by atoms with Crippen LogP contribution in [-0.4, -0.2) is 41.4 Å².